The van der Waals surface area contributed by atoms with Crippen LogP contribution in [0.1, 0.15) is 24.5 Å². The van der Waals surface area contributed by atoms with Crippen LogP contribution in [0.4, 0.5) is 0 Å². The van der Waals surface area contributed by atoms with Crippen molar-refractivity contribution < 1.29 is 14.8 Å². The summed E-state index contributed by atoms with van der Waals surface area (Å²) in [6, 6.07) is 16.0. The fraction of sp³-hybridized carbons (Fsp3) is 0.350. The highest BCUT2D eigenvalue weighted by Crippen LogP contribution is 2.22. The average Bonchev–Trinajstić information content (AvgIpc) is 2.62. The molecule has 0 aromatic heterocycles. The minimum absolute atomic E-state index is 0.0389. The van der Waals surface area contributed by atoms with Gasteiger partial charge in [0.15, 0.2) is 6.61 Å². The predicted molar refractivity (Wildman–Crippen MR) is 104 cm³/mol. The normalized spacial score (nSPS) is 10.5. The lowest BCUT2D eigenvalue weighted by Gasteiger charge is -2.11. The molecule has 0 bridgehead atoms. The average molecular weight is 406 g/mol. The van der Waals surface area contributed by atoms with Gasteiger partial charge in [0, 0.05) is 16.6 Å². The molecule has 0 spiro atoms. The Hall–Kier alpha value is -1.85. The second kappa shape index (κ2) is 10.9. The van der Waals surface area contributed by atoms with Crippen LogP contribution >= 0.6 is 15.9 Å². The Morgan fingerprint density at radius 1 is 1.20 bits per heavy atom. The highest BCUT2D eigenvalue weighted by Gasteiger charge is 2.09. The monoisotopic (exact) mass is 405 g/mol. The molecule has 2 rings (SSSR count). The Morgan fingerprint density at radius 2 is 2.00 bits per heavy atom. The Balaban J connectivity index is 1.78. The second-order valence-corrected chi connectivity index (χ2v) is 6.82. The van der Waals surface area contributed by atoms with E-state index in [9.17, 15) is 4.79 Å². The Labute approximate surface area is 158 Å². The number of benzene rings is 2. The zero-order chi connectivity index (χ0) is 17.9. The van der Waals surface area contributed by atoms with Gasteiger partial charge in [0.1, 0.15) is 12.3 Å². The molecule has 0 aliphatic carbocycles. The van der Waals surface area contributed by atoms with Crippen LogP contribution in [-0.4, -0.2) is 25.6 Å². The number of hydrogen-bond donors (Lipinski definition) is 2. The molecule has 0 atom stereocenters. The number of hydrogen-bond acceptors (Lipinski definition) is 2. The number of ether oxygens (including phenoxy) is 1. The van der Waals surface area contributed by atoms with Gasteiger partial charge in [-0.2, -0.15) is 0 Å². The molecule has 3 N–H and O–H groups in total. The van der Waals surface area contributed by atoms with Gasteiger partial charge in [0.05, 0.1) is 6.54 Å². The maximum atomic E-state index is 12.0. The smallest absolute Gasteiger partial charge is 0.257 e. The van der Waals surface area contributed by atoms with E-state index >= 15 is 0 Å². The summed E-state index contributed by atoms with van der Waals surface area (Å²) >= 11 is 3.49. The molecule has 4 nitrogen and oxygen atoms in total. The van der Waals surface area contributed by atoms with Crippen LogP contribution < -0.4 is 15.4 Å². The van der Waals surface area contributed by atoms with Crippen LogP contribution in [0.25, 0.3) is 0 Å². The second-order valence-electron chi connectivity index (χ2n) is 5.91. The van der Waals surface area contributed by atoms with Gasteiger partial charge in [-0.05, 0) is 36.6 Å². The van der Waals surface area contributed by atoms with E-state index in [1.54, 1.807) is 0 Å². The third kappa shape index (κ3) is 7.28. The molecule has 0 aliphatic heterocycles. The van der Waals surface area contributed by atoms with Crippen molar-refractivity contribution in [1.29, 1.82) is 0 Å². The van der Waals surface area contributed by atoms with Crippen molar-refractivity contribution in [3.05, 3.63) is 64.1 Å². The van der Waals surface area contributed by atoms with Crippen LogP contribution in [-0.2, 0) is 17.8 Å². The first-order chi connectivity index (χ1) is 12.2. The molecule has 2 aromatic carbocycles. The van der Waals surface area contributed by atoms with E-state index in [0.29, 0.717) is 6.54 Å². The highest BCUT2D eigenvalue weighted by atomic mass is 79.9. The maximum absolute atomic E-state index is 12.0. The molecule has 5 heteroatoms. The molecule has 0 unspecified atom stereocenters. The third-order valence-corrected chi connectivity index (χ3v) is 4.31. The predicted octanol–water partition coefficient (Wildman–Crippen LogP) is 2.66. The van der Waals surface area contributed by atoms with Crippen molar-refractivity contribution in [1.82, 2.24) is 5.32 Å². The standard InChI is InChI=1S/C20H25BrN2O2/c1-2-11-22-14-17-13-18(21)8-9-19(17)25-15-20(24)23-12-10-16-6-4-3-5-7-16/h3-9,13,22H,2,10-12,14-15H2,1H3,(H,23,24)/p+1. The van der Waals surface area contributed by atoms with E-state index in [2.05, 4.69) is 51.7 Å². The van der Waals surface area contributed by atoms with Crippen LogP contribution in [0.2, 0.25) is 0 Å². The SMILES string of the molecule is CCC[NH2+]Cc1cc(Br)ccc1OCC(=O)NCCc1ccccc1. The van der Waals surface area contributed by atoms with Crippen LogP contribution in [0, 0.1) is 0 Å². The van der Waals surface area contributed by atoms with Gasteiger partial charge in [0.2, 0.25) is 0 Å². The molecule has 0 fully saturated rings. The Kier molecular flexibility index (Phi) is 8.49. The summed E-state index contributed by atoms with van der Waals surface area (Å²) in [7, 11) is 0. The van der Waals surface area contributed by atoms with Crippen molar-refractivity contribution >= 4 is 21.8 Å². The largest absolute Gasteiger partial charge is 0.483 e. The Morgan fingerprint density at radius 3 is 2.76 bits per heavy atom. The maximum Gasteiger partial charge on any atom is 0.257 e. The van der Waals surface area contributed by atoms with E-state index in [1.165, 1.54) is 5.56 Å². The molecule has 2 aromatic rings. The van der Waals surface area contributed by atoms with Gasteiger partial charge < -0.3 is 15.4 Å². The summed E-state index contributed by atoms with van der Waals surface area (Å²) < 4.78 is 6.75. The van der Waals surface area contributed by atoms with Gasteiger partial charge in [-0.1, -0.05) is 53.2 Å². The first kappa shape index (κ1) is 19.5. The summed E-state index contributed by atoms with van der Waals surface area (Å²) in [6.45, 7) is 4.74. The molecule has 0 aliphatic rings. The molecule has 0 heterocycles. The fourth-order valence-corrected chi connectivity index (χ4v) is 2.90. The molecule has 0 saturated heterocycles. The number of amides is 1. The minimum atomic E-state index is -0.0951. The zero-order valence-corrected chi connectivity index (χ0v) is 16.2. The molecule has 0 saturated carbocycles. The molecule has 134 valence electrons. The molecular weight excluding hydrogens is 380 g/mol. The first-order valence-corrected chi connectivity index (χ1v) is 9.52. The number of nitrogens with one attached hydrogen (secondary N) is 1. The van der Waals surface area contributed by atoms with Crippen LogP contribution in [0.3, 0.4) is 0 Å². The topological polar surface area (TPSA) is 54.9 Å². The lowest BCUT2D eigenvalue weighted by Crippen LogP contribution is -2.82. The zero-order valence-electron chi connectivity index (χ0n) is 14.6. The lowest BCUT2D eigenvalue weighted by atomic mass is 10.1. The highest BCUT2D eigenvalue weighted by molar-refractivity contribution is 9.10. The van der Waals surface area contributed by atoms with E-state index in [-0.39, 0.29) is 12.5 Å². The molecule has 25 heavy (non-hydrogen) atoms. The van der Waals surface area contributed by atoms with Crippen molar-refractivity contribution in [2.45, 2.75) is 26.3 Å². The summed E-state index contributed by atoms with van der Waals surface area (Å²) in [5, 5.41) is 5.15. The van der Waals surface area contributed by atoms with E-state index in [4.69, 9.17) is 4.74 Å². The number of halogens is 1. The van der Waals surface area contributed by atoms with E-state index < -0.39 is 0 Å². The summed E-state index contributed by atoms with van der Waals surface area (Å²) in [6.07, 6.45) is 1.95. The van der Waals surface area contributed by atoms with Crippen molar-refractivity contribution in [3.63, 3.8) is 0 Å². The van der Waals surface area contributed by atoms with Gasteiger partial charge in [-0.25, -0.2) is 0 Å². The quantitative estimate of drug-likeness (QED) is 0.597. The van der Waals surface area contributed by atoms with E-state index in [1.807, 2.05) is 30.3 Å². The van der Waals surface area contributed by atoms with Gasteiger partial charge >= 0.3 is 0 Å². The number of carbonyl (C=O) groups excluding carboxylic acids is 1. The van der Waals surface area contributed by atoms with Crippen LogP contribution in [0.5, 0.6) is 5.75 Å². The van der Waals surface area contributed by atoms with Crippen molar-refractivity contribution in [2.75, 3.05) is 19.7 Å². The number of nitrogens with two attached hydrogens (primary N) is 1. The summed E-state index contributed by atoms with van der Waals surface area (Å²) in [5.74, 6) is 0.677. The lowest BCUT2D eigenvalue weighted by molar-refractivity contribution is -0.670. The van der Waals surface area contributed by atoms with Gasteiger partial charge in [-0.15, -0.1) is 0 Å². The van der Waals surface area contributed by atoms with Gasteiger partial charge in [0.25, 0.3) is 5.91 Å². The third-order valence-electron chi connectivity index (χ3n) is 3.82. The summed E-state index contributed by atoms with van der Waals surface area (Å²) in [5.41, 5.74) is 2.31. The Bertz CT molecular complexity index is 662. The molecule has 0 radical (unpaired) electrons. The van der Waals surface area contributed by atoms with Crippen molar-refractivity contribution in [2.24, 2.45) is 0 Å². The minimum Gasteiger partial charge on any atom is -0.483 e. The number of carbonyl (C=O) groups is 1. The number of quaternary nitrogens is 1. The van der Waals surface area contributed by atoms with Crippen molar-refractivity contribution in [3.8, 4) is 5.75 Å². The van der Waals surface area contributed by atoms with Gasteiger partial charge in [-0.3, -0.25) is 4.79 Å². The van der Waals surface area contributed by atoms with E-state index in [0.717, 1.165) is 41.7 Å². The molecule has 1 amide bonds. The van der Waals surface area contributed by atoms with Crippen LogP contribution in [0.15, 0.2) is 53.0 Å². The number of rotatable bonds is 10. The first-order valence-electron chi connectivity index (χ1n) is 8.72. The summed E-state index contributed by atoms with van der Waals surface area (Å²) in [4.78, 5) is 12.0. The fourth-order valence-electron chi connectivity index (χ4n) is 2.50. The molecular formula is C20H26BrN2O2+.